The van der Waals surface area contributed by atoms with Crippen molar-refractivity contribution < 1.29 is 4.79 Å². The van der Waals surface area contributed by atoms with Crippen molar-refractivity contribution in [3.8, 4) is 0 Å². The minimum Gasteiger partial charge on any atom is -0.340 e. The molecule has 1 saturated heterocycles. The summed E-state index contributed by atoms with van der Waals surface area (Å²) in [6, 6.07) is 0. The smallest absolute Gasteiger partial charge is 0.246 e. The molecular weight excluding hydrogens is 126 g/mol. The SMILES string of the molecule is CCCCC1(CC)NC1=O. The van der Waals surface area contributed by atoms with E-state index in [0.29, 0.717) is 0 Å². The number of hydrogen-bond donors (Lipinski definition) is 1. The first-order valence-electron chi connectivity index (χ1n) is 4.08. The van der Waals surface area contributed by atoms with Crippen LogP contribution in [0.1, 0.15) is 39.5 Å². The minimum atomic E-state index is -0.0873. The van der Waals surface area contributed by atoms with Gasteiger partial charge < -0.3 is 5.32 Å². The Morgan fingerprint density at radius 3 is 2.40 bits per heavy atom. The van der Waals surface area contributed by atoms with Crippen LogP contribution in [0.5, 0.6) is 0 Å². The van der Waals surface area contributed by atoms with Crippen molar-refractivity contribution in [2.45, 2.75) is 45.1 Å². The molecule has 1 unspecified atom stereocenters. The van der Waals surface area contributed by atoms with Crippen LogP contribution in [-0.2, 0) is 4.79 Å². The van der Waals surface area contributed by atoms with Gasteiger partial charge in [-0.2, -0.15) is 0 Å². The first-order valence-corrected chi connectivity index (χ1v) is 4.08. The van der Waals surface area contributed by atoms with Gasteiger partial charge in [-0.15, -0.1) is 0 Å². The van der Waals surface area contributed by atoms with Gasteiger partial charge in [-0.3, -0.25) is 4.79 Å². The second kappa shape index (κ2) is 2.60. The molecule has 0 radical (unpaired) electrons. The number of carbonyl (C=O) groups is 1. The summed E-state index contributed by atoms with van der Waals surface area (Å²) >= 11 is 0. The Balaban J connectivity index is 2.30. The highest BCUT2D eigenvalue weighted by molar-refractivity contribution is 6.01. The lowest BCUT2D eigenvalue weighted by Gasteiger charge is -2.04. The van der Waals surface area contributed by atoms with E-state index in [2.05, 4.69) is 19.2 Å². The van der Waals surface area contributed by atoms with Crippen LogP contribution in [0.3, 0.4) is 0 Å². The van der Waals surface area contributed by atoms with Crippen LogP contribution in [0.4, 0.5) is 0 Å². The van der Waals surface area contributed by atoms with Crippen molar-refractivity contribution >= 4 is 5.91 Å². The third kappa shape index (κ3) is 1.15. The normalized spacial score (nSPS) is 30.0. The molecule has 1 aliphatic rings. The maximum atomic E-state index is 10.8. The highest BCUT2D eigenvalue weighted by atomic mass is 16.2. The molecule has 0 aromatic carbocycles. The fraction of sp³-hybridized carbons (Fsp3) is 0.875. The quantitative estimate of drug-likeness (QED) is 0.591. The molecule has 1 N–H and O–H groups in total. The first-order chi connectivity index (χ1) is 4.75. The van der Waals surface area contributed by atoms with Crippen LogP contribution in [0, 0.1) is 0 Å². The zero-order valence-corrected chi connectivity index (χ0v) is 6.74. The molecule has 2 heteroatoms. The maximum absolute atomic E-state index is 10.8. The molecule has 1 aliphatic heterocycles. The van der Waals surface area contributed by atoms with E-state index in [9.17, 15) is 4.79 Å². The van der Waals surface area contributed by atoms with Gasteiger partial charge in [0.05, 0.1) is 0 Å². The summed E-state index contributed by atoms with van der Waals surface area (Å²) in [6.07, 6.45) is 4.31. The summed E-state index contributed by atoms with van der Waals surface area (Å²) in [5.41, 5.74) is -0.0873. The third-order valence-corrected chi connectivity index (χ3v) is 2.29. The number of nitrogens with one attached hydrogen (secondary N) is 1. The molecule has 0 bridgehead atoms. The van der Waals surface area contributed by atoms with Crippen LogP contribution in [0.2, 0.25) is 0 Å². The van der Waals surface area contributed by atoms with Gasteiger partial charge in [-0.05, 0) is 12.8 Å². The third-order valence-electron chi connectivity index (χ3n) is 2.29. The summed E-state index contributed by atoms with van der Waals surface area (Å²) in [6.45, 7) is 4.21. The maximum Gasteiger partial charge on any atom is 0.246 e. The Labute approximate surface area is 62.0 Å². The standard InChI is InChI=1S/C8H15NO/c1-3-5-6-8(4-2)7(10)9-8/h3-6H2,1-2H3,(H,9,10). The minimum absolute atomic E-state index is 0.0873. The highest BCUT2D eigenvalue weighted by Gasteiger charge is 2.50. The van der Waals surface area contributed by atoms with Gasteiger partial charge >= 0.3 is 0 Å². The zero-order chi connectivity index (χ0) is 7.61. The Kier molecular flexibility index (Phi) is 1.97. The van der Waals surface area contributed by atoms with Gasteiger partial charge in [0, 0.05) is 0 Å². The van der Waals surface area contributed by atoms with Crippen molar-refractivity contribution in [1.29, 1.82) is 0 Å². The van der Waals surface area contributed by atoms with Crippen LogP contribution >= 0.6 is 0 Å². The van der Waals surface area contributed by atoms with Crippen molar-refractivity contribution in [3.63, 3.8) is 0 Å². The topological polar surface area (TPSA) is 39.0 Å². The number of unbranched alkanes of at least 4 members (excludes halogenated alkanes) is 1. The molecule has 1 atom stereocenters. The Hall–Kier alpha value is -0.530. The van der Waals surface area contributed by atoms with Crippen LogP contribution in [0.25, 0.3) is 0 Å². The van der Waals surface area contributed by atoms with Crippen LogP contribution < -0.4 is 5.32 Å². The Bertz CT molecular complexity index is 144. The van der Waals surface area contributed by atoms with Gasteiger partial charge in [-0.25, -0.2) is 0 Å². The van der Waals surface area contributed by atoms with Crippen LogP contribution in [0.15, 0.2) is 0 Å². The lowest BCUT2D eigenvalue weighted by molar-refractivity contribution is -0.112. The summed E-state index contributed by atoms with van der Waals surface area (Å²) in [5, 5.41) is 2.89. The van der Waals surface area contributed by atoms with Crippen molar-refractivity contribution in [2.75, 3.05) is 0 Å². The molecule has 0 aromatic rings. The van der Waals surface area contributed by atoms with Crippen molar-refractivity contribution in [3.05, 3.63) is 0 Å². The molecule has 1 fully saturated rings. The molecule has 0 aromatic heterocycles. The van der Waals surface area contributed by atoms with Gasteiger partial charge in [0.2, 0.25) is 5.91 Å². The molecule has 0 spiro atoms. The number of rotatable bonds is 4. The molecule has 1 rings (SSSR count). The largest absolute Gasteiger partial charge is 0.340 e. The summed E-state index contributed by atoms with van der Waals surface area (Å²) in [4.78, 5) is 10.8. The second-order valence-corrected chi connectivity index (χ2v) is 2.99. The van der Waals surface area contributed by atoms with Gasteiger partial charge in [0.25, 0.3) is 0 Å². The van der Waals surface area contributed by atoms with E-state index in [4.69, 9.17) is 0 Å². The van der Waals surface area contributed by atoms with Crippen LogP contribution in [-0.4, -0.2) is 11.4 Å². The van der Waals surface area contributed by atoms with E-state index in [-0.39, 0.29) is 11.4 Å². The Morgan fingerprint density at radius 1 is 1.50 bits per heavy atom. The van der Waals surface area contributed by atoms with Gasteiger partial charge in [0.15, 0.2) is 0 Å². The average Bonchev–Trinajstić information content (AvgIpc) is 2.59. The molecular formula is C8H15NO. The molecule has 0 saturated carbocycles. The molecule has 10 heavy (non-hydrogen) atoms. The molecule has 58 valence electrons. The number of amides is 1. The van der Waals surface area contributed by atoms with E-state index in [1.807, 2.05) is 0 Å². The monoisotopic (exact) mass is 141 g/mol. The fourth-order valence-corrected chi connectivity index (χ4v) is 1.27. The molecule has 2 nitrogen and oxygen atoms in total. The van der Waals surface area contributed by atoms with Gasteiger partial charge in [0.1, 0.15) is 5.54 Å². The zero-order valence-electron chi connectivity index (χ0n) is 6.74. The Morgan fingerprint density at radius 2 is 2.10 bits per heavy atom. The van der Waals surface area contributed by atoms with Crippen molar-refractivity contribution in [2.24, 2.45) is 0 Å². The van der Waals surface area contributed by atoms with E-state index in [0.717, 1.165) is 19.3 Å². The summed E-state index contributed by atoms with van der Waals surface area (Å²) in [7, 11) is 0. The number of carbonyl (C=O) groups excluding carboxylic acids is 1. The van der Waals surface area contributed by atoms with Crippen molar-refractivity contribution in [1.82, 2.24) is 5.32 Å². The van der Waals surface area contributed by atoms with E-state index in [1.165, 1.54) is 6.42 Å². The molecule has 0 aliphatic carbocycles. The second-order valence-electron chi connectivity index (χ2n) is 2.99. The summed E-state index contributed by atoms with van der Waals surface area (Å²) in [5.74, 6) is 0.253. The lowest BCUT2D eigenvalue weighted by atomic mass is 9.99. The molecule has 1 heterocycles. The van der Waals surface area contributed by atoms with E-state index in [1.54, 1.807) is 0 Å². The predicted octanol–water partition coefficient (Wildman–Crippen LogP) is 1.46. The first kappa shape index (κ1) is 7.58. The molecule has 1 amide bonds. The number of hydrogen-bond acceptors (Lipinski definition) is 1. The predicted molar refractivity (Wildman–Crippen MR) is 40.7 cm³/mol. The van der Waals surface area contributed by atoms with E-state index < -0.39 is 0 Å². The fourth-order valence-electron chi connectivity index (χ4n) is 1.27. The average molecular weight is 141 g/mol. The van der Waals surface area contributed by atoms with E-state index >= 15 is 0 Å². The summed E-state index contributed by atoms with van der Waals surface area (Å²) < 4.78 is 0. The van der Waals surface area contributed by atoms with Gasteiger partial charge in [-0.1, -0.05) is 26.7 Å². The highest BCUT2D eigenvalue weighted by Crippen LogP contribution is 2.29. The lowest BCUT2D eigenvalue weighted by Crippen LogP contribution is -2.13.